The van der Waals surface area contributed by atoms with E-state index in [2.05, 4.69) is 15.5 Å². The lowest BCUT2D eigenvalue weighted by Crippen LogP contribution is -2.20. The van der Waals surface area contributed by atoms with E-state index in [1.54, 1.807) is 18.2 Å². The fourth-order valence-corrected chi connectivity index (χ4v) is 1.84. The first-order chi connectivity index (χ1) is 11.5. The Bertz CT molecular complexity index is 779. The molecule has 0 aliphatic rings. The van der Waals surface area contributed by atoms with Crippen molar-refractivity contribution in [2.75, 3.05) is 12.0 Å². The first kappa shape index (κ1) is 17.2. The number of nitrogens with one attached hydrogen (secondary N) is 1. The van der Waals surface area contributed by atoms with Gasteiger partial charge in [-0.2, -0.15) is 5.10 Å². The Labute approximate surface area is 141 Å². The van der Waals surface area contributed by atoms with Crippen LogP contribution in [0.4, 0.5) is 11.5 Å². The Morgan fingerprint density at radius 3 is 2.83 bits per heavy atom. The minimum atomic E-state index is -0.600. The molecule has 2 aromatic rings. The van der Waals surface area contributed by atoms with Crippen molar-refractivity contribution < 1.29 is 14.5 Å². The third kappa shape index (κ3) is 4.92. The molecule has 0 saturated heterocycles. The van der Waals surface area contributed by atoms with E-state index in [-0.39, 0.29) is 12.3 Å². The van der Waals surface area contributed by atoms with Gasteiger partial charge in [0.2, 0.25) is 0 Å². The van der Waals surface area contributed by atoms with E-state index < -0.39 is 10.8 Å². The monoisotopic (exact) mass is 349 g/mol. The van der Waals surface area contributed by atoms with Gasteiger partial charge in [-0.1, -0.05) is 11.6 Å². The number of pyridine rings is 1. The van der Waals surface area contributed by atoms with Gasteiger partial charge in [0.15, 0.2) is 6.61 Å². The van der Waals surface area contributed by atoms with Crippen LogP contribution in [0.5, 0.6) is 5.75 Å². The second-order valence-electron chi connectivity index (χ2n) is 4.47. The van der Waals surface area contributed by atoms with Crippen molar-refractivity contribution in [3.8, 4) is 5.75 Å². The summed E-state index contributed by atoms with van der Waals surface area (Å²) in [7, 11) is 0. The first-order valence-corrected chi connectivity index (χ1v) is 6.93. The normalized spacial score (nSPS) is 10.5. The highest BCUT2D eigenvalue weighted by atomic mass is 35.5. The summed E-state index contributed by atoms with van der Waals surface area (Å²) < 4.78 is 5.13. The third-order valence-corrected chi connectivity index (χ3v) is 2.97. The molecule has 1 aromatic heterocycles. The van der Waals surface area contributed by atoms with Crippen LogP contribution in [0.2, 0.25) is 5.02 Å². The molecular weight excluding hydrogens is 338 g/mol. The molecule has 3 N–H and O–H groups in total. The zero-order valence-electron chi connectivity index (χ0n) is 12.2. The second-order valence-corrected chi connectivity index (χ2v) is 4.88. The van der Waals surface area contributed by atoms with Crippen molar-refractivity contribution in [3.63, 3.8) is 0 Å². The van der Waals surface area contributed by atoms with E-state index in [1.165, 1.54) is 18.3 Å². The number of carbonyl (C=O) groups excluding carboxylic acids is 1. The Morgan fingerprint density at radius 1 is 1.46 bits per heavy atom. The third-order valence-electron chi connectivity index (χ3n) is 2.68. The number of halogens is 1. The van der Waals surface area contributed by atoms with E-state index in [0.29, 0.717) is 22.2 Å². The van der Waals surface area contributed by atoms with Crippen LogP contribution in [0.3, 0.4) is 0 Å². The number of rotatable bonds is 7. The maximum atomic E-state index is 10.7. The van der Waals surface area contributed by atoms with E-state index >= 15 is 0 Å². The summed E-state index contributed by atoms with van der Waals surface area (Å²) in [5, 5.41) is 14.8. The number of hydrogen-bond donors (Lipinski definition) is 2. The lowest BCUT2D eigenvalue weighted by atomic mass is 10.2. The number of carbonyl (C=O) groups is 1. The quantitative estimate of drug-likeness (QED) is 0.446. The van der Waals surface area contributed by atoms with Crippen LogP contribution in [0.1, 0.15) is 5.56 Å². The first-order valence-electron chi connectivity index (χ1n) is 6.56. The number of nitrogens with two attached hydrogens (primary N) is 1. The number of amides is 1. The minimum Gasteiger partial charge on any atom is -0.482 e. The maximum absolute atomic E-state index is 10.7. The summed E-state index contributed by atoms with van der Waals surface area (Å²) in [6, 6.07) is 7.59. The number of aromatic nitrogens is 1. The van der Waals surface area contributed by atoms with Crippen LogP contribution in [-0.2, 0) is 4.79 Å². The largest absolute Gasteiger partial charge is 0.482 e. The Balaban J connectivity index is 1.97. The number of hydrazone groups is 1. The average Bonchev–Trinajstić information content (AvgIpc) is 2.54. The van der Waals surface area contributed by atoms with E-state index in [4.69, 9.17) is 22.1 Å². The molecule has 0 spiro atoms. The van der Waals surface area contributed by atoms with Crippen LogP contribution in [0.15, 0.2) is 41.6 Å². The lowest BCUT2D eigenvalue weighted by molar-refractivity contribution is -0.385. The molecule has 10 heteroatoms. The molecule has 0 aliphatic heterocycles. The number of anilines is 1. The van der Waals surface area contributed by atoms with Crippen LogP contribution >= 0.6 is 11.6 Å². The highest BCUT2D eigenvalue weighted by Gasteiger charge is 2.05. The Morgan fingerprint density at radius 2 is 2.25 bits per heavy atom. The molecule has 1 heterocycles. The summed E-state index contributed by atoms with van der Waals surface area (Å²) >= 11 is 6.02. The van der Waals surface area contributed by atoms with Gasteiger partial charge in [0.05, 0.1) is 16.2 Å². The molecule has 0 bridgehead atoms. The fraction of sp³-hybridized carbons (Fsp3) is 0.0714. The molecule has 0 atom stereocenters. The van der Waals surface area contributed by atoms with Crippen molar-refractivity contribution in [2.45, 2.75) is 0 Å². The number of nitro groups is 1. The van der Waals surface area contributed by atoms with E-state index in [1.807, 2.05) is 0 Å². The highest BCUT2D eigenvalue weighted by molar-refractivity contribution is 6.32. The van der Waals surface area contributed by atoms with Crippen molar-refractivity contribution in [3.05, 3.63) is 57.2 Å². The van der Waals surface area contributed by atoms with Crippen LogP contribution in [0, 0.1) is 10.1 Å². The number of hydrogen-bond acceptors (Lipinski definition) is 7. The number of ether oxygens (including phenoxy) is 1. The Hall–Kier alpha value is -3.20. The lowest BCUT2D eigenvalue weighted by Gasteiger charge is -2.06. The molecule has 124 valence electrons. The zero-order chi connectivity index (χ0) is 17.5. The average molecular weight is 350 g/mol. The van der Waals surface area contributed by atoms with Gasteiger partial charge in [0.25, 0.3) is 11.6 Å². The summed E-state index contributed by atoms with van der Waals surface area (Å²) in [6.07, 6.45) is 2.60. The smallest absolute Gasteiger partial charge is 0.287 e. The van der Waals surface area contributed by atoms with Gasteiger partial charge >= 0.3 is 0 Å². The summed E-state index contributed by atoms with van der Waals surface area (Å²) in [5.74, 6) is 0.0819. The fourth-order valence-electron chi connectivity index (χ4n) is 1.60. The van der Waals surface area contributed by atoms with Gasteiger partial charge < -0.3 is 10.5 Å². The van der Waals surface area contributed by atoms with Crippen molar-refractivity contribution in [1.29, 1.82) is 0 Å². The molecular formula is C14H12ClN5O4. The second kappa shape index (κ2) is 7.88. The standard InChI is InChI=1S/C14H12ClN5O4/c15-11-5-9(1-3-12(11)24-8-13(16)21)6-18-19-14-4-2-10(7-17-14)20(22)23/h1-7H,8H2,(H2,16,21)(H,17,19). The van der Waals surface area contributed by atoms with Crippen molar-refractivity contribution in [2.24, 2.45) is 10.8 Å². The SMILES string of the molecule is NC(=O)COc1ccc(C=NNc2ccc([N+](=O)[O-])cn2)cc1Cl. The molecule has 0 unspecified atom stereocenters. The number of benzene rings is 1. The molecule has 0 aliphatic carbocycles. The molecule has 9 nitrogen and oxygen atoms in total. The summed E-state index contributed by atoms with van der Waals surface area (Å²) in [6.45, 7) is -0.263. The number of primary amides is 1. The van der Waals surface area contributed by atoms with Gasteiger partial charge in [-0.05, 0) is 29.8 Å². The molecule has 1 aromatic carbocycles. The molecule has 2 rings (SSSR count). The molecule has 0 radical (unpaired) electrons. The highest BCUT2D eigenvalue weighted by Crippen LogP contribution is 2.24. The van der Waals surface area contributed by atoms with E-state index in [9.17, 15) is 14.9 Å². The predicted molar refractivity (Wildman–Crippen MR) is 88.2 cm³/mol. The zero-order valence-corrected chi connectivity index (χ0v) is 12.9. The van der Waals surface area contributed by atoms with Crippen molar-refractivity contribution >= 4 is 35.2 Å². The maximum Gasteiger partial charge on any atom is 0.287 e. The van der Waals surface area contributed by atoms with Gasteiger partial charge in [-0.15, -0.1) is 0 Å². The van der Waals surface area contributed by atoms with Crippen LogP contribution in [0.25, 0.3) is 0 Å². The van der Waals surface area contributed by atoms with Gasteiger partial charge in [0.1, 0.15) is 17.8 Å². The molecule has 1 amide bonds. The summed E-state index contributed by atoms with van der Waals surface area (Å²) in [4.78, 5) is 24.5. The minimum absolute atomic E-state index is 0.108. The molecule has 0 saturated carbocycles. The molecule has 0 fully saturated rings. The van der Waals surface area contributed by atoms with Gasteiger partial charge in [-0.3, -0.25) is 20.3 Å². The summed E-state index contributed by atoms with van der Waals surface area (Å²) in [5.41, 5.74) is 8.18. The van der Waals surface area contributed by atoms with Crippen LogP contribution in [-0.4, -0.2) is 28.6 Å². The van der Waals surface area contributed by atoms with Crippen LogP contribution < -0.4 is 15.9 Å². The van der Waals surface area contributed by atoms with E-state index in [0.717, 1.165) is 6.20 Å². The van der Waals surface area contributed by atoms with Gasteiger partial charge in [0, 0.05) is 6.07 Å². The number of nitrogens with zero attached hydrogens (tertiary/aromatic N) is 3. The topological polar surface area (TPSA) is 133 Å². The van der Waals surface area contributed by atoms with Gasteiger partial charge in [-0.25, -0.2) is 4.98 Å². The predicted octanol–water partition coefficient (Wildman–Crippen LogP) is 1.95. The van der Waals surface area contributed by atoms with Crippen molar-refractivity contribution in [1.82, 2.24) is 4.98 Å². The Kier molecular flexibility index (Phi) is 5.63. The molecule has 24 heavy (non-hydrogen) atoms.